The Kier molecular flexibility index (Phi) is 6.39. The molecule has 29 heavy (non-hydrogen) atoms. The summed E-state index contributed by atoms with van der Waals surface area (Å²) in [6.45, 7) is 4.59. The van der Waals surface area contributed by atoms with Crippen molar-refractivity contribution >= 4 is 37.5 Å². The van der Waals surface area contributed by atoms with E-state index in [0.717, 1.165) is 0 Å². The van der Waals surface area contributed by atoms with Crippen molar-refractivity contribution in [2.45, 2.75) is 44.4 Å². The Balaban J connectivity index is 1.57. The van der Waals surface area contributed by atoms with Gasteiger partial charge in [0, 0.05) is 31.4 Å². The molecule has 0 radical (unpaired) electrons. The molecule has 2 fully saturated rings. The molecule has 1 aromatic carbocycles. The van der Waals surface area contributed by atoms with E-state index in [2.05, 4.69) is 10.0 Å². The van der Waals surface area contributed by atoms with Crippen LogP contribution in [-0.2, 0) is 20.0 Å². The Morgan fingerprint density at radius 3 is 2.45 bits per heavy atom. The second-order valence-corrected chi connectivity index (χ2v) is 12.0. The highest BCUT2D eigenvalue weighted by Gasteiger charge is 2.29. The minimum Gasteiger partial charge on any atom is -0.324 e. The fourth-order valence-electron chi connectivity index (χ4n) is 3.44. The Labute approximate surface area is 172 Å². The monoisotopic (exact) mass is 444 g/mol. The van der Waals surface area contributed by atoms with Crippen LogP contribution in [0.2, 0.25) is 0 Å². The van der Waals surface area contributed by atoms with Crippen LogP contribution in [0.3, 0.4) is 0 Å². The average Bonchev–Trinajstić information content (AvgIpc) is 3.01. The maximum absolute atomic E-state index is 12.6. The van der Waals surface area contributed by atoms with Gasteiger partial charge in [0.05, 0.1) is 16.7 Å². The molecular formula is C18H28N4O5S2. The zero-order valence-corrected chi connectivity index (χ0v) is 18.3. The number of carbonyl (C=O) groups is 1. The Bertz CT molecular complexity index is 954. The SMILES string of the molecule is CC(C)S(=O)(=O)NC1CCN(C(=O)Nc2cccc(N3CCCS3(=O)=O)c2)CC1. The molecular weight excluding hydrogens is 416 g/mol. The molecule has 0 atom stereocenters. The van der Waals surface area contributed by atoms with Crippen molar-refractivity contribution in [3.63, 3.8) is 0 Å². The molecule has 9 nitrogen and oxygen atoms in total. The van der Waals surface area contributed by atoms with E-state index < -0.39 is 25.3 Å². The number of piperidine rings is 1. The fourth-order valence-corrected chi connectivity index (χ4v) is 5.97. The highest BCUT2D eigenvalue weighted by Crippen LogP contribution is 2.26. The molecule has 0 aliphatic carbocycles. The second-order valence-electron chi connectivity index (χ2n) is 7.70. The molecule has 0 aromatic heterocycles. The number of urea groups is 1. The summed E-state index contributed by atoms with van der Waals surface area (Å²) < 4.78 is 52.2. The van der Waals surface area contributed by atoms with Gasteiger partial charge in [0.25, 0.3) is 0 Å². The second kappa shape index (κ2) is 8.49. The van der Waals surface area contributed by atoms with E-state index in [9.17, 15) is 21.6 Å². The molecule has 2 heterocycles. The topological polar surface area (TPSA) is 116 Å². The van der Waals surface area contributed by atoms with Crippen molar-refractivity contribution in [2.75, 3.05) is 35.0 Å². The van der Waals surface area contributed by atoms with Crippen molar-refractivity contribution < 1.29 is 21.6 Å². The van der Waals surface area contributed by atoms with Crippen LogP contribution in [0.4, 0.5) is 16.2 Å². The zero-order valence-electron chi connectivity index (χ0n) is 16.7. The third-order valence-corrected chi connectivity index (χ3v) is 8.99. The average molecular weight is 445 g/mol. The number of rotatable bonds is 5. The normalized spacial score (nSPS) is 20.2. The molecule has 0 spiro atoms. The van der Waals surface area contributed by atoms with E-state index in [0.29, 0.717) is 50.3 Å². The maximum Gasteiger partial charge on any atom is 0.321 e. The lowest BCUT2D eigenvalue weighted by Crippen LogP contribution is -2.48. The van der Waals surface area contributed by atoms with Gasteiger partial charge in [0.15, 0.2) is 0 Å². The molecule has 2 aliphatic heterocycles. The minimum atomic E-state index is -3.33. The van der Waals surface area contributed by atoms with Crippen LogP contribution < -0.4 is 14.3 Å². The molecule has 2 N–H and O–H groups in total. The lowest BCUT2D eigenvalue weighted by molar-refractivity contribution is 0.193. The first kappa shape index (κ1) is 21.8. The number of hydrogen-bond donors (Lipinski definition) is 2. The highest BCUT2D eigenvalue weighted by atomic mass is 32.2. The van der Waals surface area contributed by atoms with E-state index in [4.69, 9.17) is 0 Å². The first-order chi connectivity index (χ1) is 13.6. The maximum atomic E-state index is 12.6. The summed E-state index contributed by atoms with van der Waals surface area (Å²) in [7, 11) is -6.61. The standard InChI is InChI=1S/C18H28N4O5S2/c1-14(2)29(26,27)20-15-7-10-21(11-8-15)18(23)19-16-5-3-6-17(13-16)22-9-4-12-28(22,24)25/h3,5-6,13-15,20H,4,7-12H2,1-2H3,(H,19,23). The van der Waals surface area contributed by atoms with Gasteiger partial charge in [-0.25, -0.2) is 26.4 Å². The quantitative estimate of drug-likeness (QED) is 0.715. The van der Waals surface area contributed by atoms with Gasteiger partial charge < -0.3 is 10.2 Å². The summed E-state index contributed by atoms with van der Waals surface area (Å²) in [5.41, 5.74) is 1.07. The molecule has 1 aromatic rings. The summed E-state index contributed by atoms with van der Waals surface area (Å²) >= 11 is 0. The Hall–Kier alpha value is -1.85. The number of amides is 2. The van der Waals surface area contributed by atoms with Crippen LogP contribution in [0, 0.1) is 0 Å². The van der Waals surface area contributed by atoms with Gasteiger partial charge in [-0.15, -0.1) is 0 Å². The van der Waals surface area contributed by atoms with Crippen molar-refractivity contribution in [1.82, 2.24) is 9.62 Å². The van der Waals surface area contributed by atoms with Crippen molar-refractivity contribution in [1.29, 1.82) is 0 Å². The molecule has 0 unspecified atom stereocenters. The number of sulfonamides is 2. The highest BCUT2D eigenvalue weighted by molar-refractivity contribution is 7.93. The van der Waals surface area contributed by atoms with Gasteiger partial charge in [-0.3, -0.25) is 4.31 Å². The van der Waals surface area contributed by atoms with Crippen LogP contribution in [0.5, 0.6) is 0 Å². The Morgan fingerprint density at radius 1 is 1.17 bits per heavy atom. The third-order valence-electron chi connectivity index (χ3n) is 5.22. The van der Waals surface area contributed by atoms with Gasteiger partial charge in [-0.1, -0.05) is 6.07 Å². The van der Waals surface area contributed by atoms with Gasteiger partial charge in [0.1, 0.15) is 0 Å². The van der Waals surface area contributed by atoms with Crippen molar-refractivity contribution in [2.24, 2.45) is 0 Å². The van der Waals surface area contributed by atoms with Crippen LogP contribution >= 0.6 is 0 Å². The van der Waals surface area contributed by atoms with Crippen LogP contribution in [0.15, 0.2) is 24.3 Å². The van der Waals surface area contributed by atoms with Gasteiger partial charge in [-0.2, -0.15) is 0 Å². The lowest BCUT2D eigenvalue weighted by atomic mass is 10.1. The summed E-state index contributed by atoms with van der Waals surface area (Å²) in [5.74, 6) is 0.138. The molecule has 2 saturated heterocycles. The predicted molar refractivity (Wildman–Crippen MR) is 113 cm³/mol. The number of carbonyl (C=O) groups excluding carboxylic acids is 1. The number of nitrogens with one attached hydrogen (secondary N) is 2. The molecule has 0 saturated carbocycles. The van der Waals surface area contributed by atoms with E-state index in [1.54, 1.807) is 43.0 Å². The Morgan fingerprint density at radius 2 is 1.86 bits per heavy atom. The van der Waals surface area contributed by atoms with Crippen LogP contribution in [0.1, 0.15) is 33.1 Å². The van der Waals surface area contributed by atoms with E-state index in [1.807, 2.05) is 0 Å². The fraction of sp³-hybridized carbons (Fsp3) is 0.611. The first-order valence-corrected chi connectivity index (χ1v) is 12.9. The summed E-state index contributed by atoms with van der Waals surface area (Å²) in [4.78, 5) is 14.2. The lowest BCUT2D eigenvalue weighted by Gasteiger charge is -2.32. The summed E-state index contributed by atoms with van der Waals surface area (Å²) in [6, 6.07) is 6.35. The molecule has 11 heteroatoms. The van der Waals surface area contributed by atoms with Crippen LogP contribution in [-0.4, -0.2) is 64.4 Å². The summed E-state index contributed by atoms with van der Waals surface area (Å²) in [6.07, 6.45) is 1.69. The molecule has 162 valence electrons. The van der Waals surface area contributed by atoms with Gasteiger partial charge in [-0.05, 0) is 51.3 Å². The number of likely N-dealkylation sites (tertiary alicyclic amines) is 1. The summed E-state index contributed by atoms with van der Waals surface area (Å²) in [5, 5.41) is 2.32. The zero-order chi connectivity index (χ0) is 21.2. The number of anilines is 2. The van der Waals surface area contributed by atoms with Gasteiger partial charge >= 0.3 is 6.03 Å². The molecule has 0 bridgehead atoms. The van der Waals surface area contributed by atoms with E-state index >= 15 is 0 Å². The number of hydrogen-bond acceptors (Lipinski definition) is 5. The van der Waals surface area contributed by atoms with Crippen molar-refractivity contribution in [3.8, 4) is 0 Å². The third kappa shape index (κ3) is 5.20. The van der Waals surface area contributed by atoms with Crippen LogP contribution in [0.25, 0.3) is 0 Å². The molecule has 2 aliphatic rings. The largest absolute Gasteiger partial charge is 0.324 e. The first-order valence-electron chi connectivity index (χ1n) is 9.76. The van der Waals surface area contributed by atoms with Crippen molar-refractivity contribution in [3.05, 3.63) is 24.3 Å². The predicted octanol–water partition coefficient (Wildman–Crippen LogP) is 1.55. The van der Waals surface area contributed by atoms with E-state index in [1.165, 1.54) is 4.31 Å². The smallest absolute Gasteiger partial charge is 0.321 e. The number of benzene rings is 1. The molecule has 2 amide bonds. The number of nitrogens with zero attached hydrogens (tertiary/aromatic N) is 2. The van der Waals surface area contributed by atoms with Gasteiger partial charge in [0.2, 0.25) is 20.0 Å². The van der Waals surface area contributed by atoms with E-state index in [-0.39, 0.29) is 17.8 Å². The molecule has 3 rings (SSSR count). The minimum absolute atomic E-state index is 0.138.